The minimum absolute atomic E-state index is 0.169. The van der Waals surface area contributed by atoms with Crippen molar-refractivity contribution in [3.63, 3.8) is 0 Å². The van der Waals surface area contributed by atoms with Crippen molar-refractivity contribution in [2.45, 2.75) is 19.8 Å². The topological polar surface area (TPSA) is 56.0 Å². The maximum atomic E-state index is 12.0. The minimum Gasteiger partial charge on any atom is -0.330 e. The Hall–Kier alpha value is -1.74. The van der Waals surface area contributed by atoms with Crippen molar-refractivity contribution in [1.29, 1.82) is 0 Å². The van der Waals surface area contributed by atoms with Crippen LogP contribution in [0.4, 0.5) is 0 Å². The van der Waals surface area contributed by atoms with Crippen molar-refractivity contribution in [1.82, 2.24) is 4.98 Å². The molecule has 18 heavy (non-hydrogen) atoms. The minimum atomic E-state index is 0.169. The van der Waals surface area contributed by atoms with E-state index < -0.39 is 0 Å². The first-order valence-corrected chi connectivity index (χ1v) is 6.28. The predicted molar refractivity (Wildman–Crippen MR) is 73.5 cm³/mol. The number of hydrogen-bond acceptors (Lipinski definition) is 3. The smallest absolute Gasteiger partial charge is 0.162 e. The summed E-state index contributed by atoms with van der Waals surface area (Å²) in [6.07, 6.45) is 3.14. The van der Waals surface area contributed by atoms with Crippen LogP contribution in [0, 0.1) is 5.92 Å². The van der Waals surface area contributed by atoms with Crippen LogP contribution in [0.5, 0.6) is 0 Å². The van der Waals surface area contributed by atoms with Gasteiger partial charge >= 0.3 is 0 Å². The maximum Gasteiger partial charge on any atom is 0.162 e. The highest BCUT2D eigenvalue weighted by atomic mass is 16.1. The molecule has 2 aromatic rings. The van der Waals surface area contributed by atoms with Gasteiger partial charge in [-0.05, 0) is 31.0 Å². The predicted octanol–water partition coefficient (Wildman–Crippen LogP) is 2.79. The molecule has 0 fully saturated rings. The van der Waals surface area contributed by atoms with Gasteiger partial charge in [0.15, 0.2) is 5.78 Å². The molecule has 0 aliphatic carbocycles. The first-order valence-electron chi connectivity index (χ1n) is 6.28. The third-order valence-corrected chi connectivity index (χ3v) is 3.19. The van der Waals surface area contributed by atoms with Crippen molar-refractivity contribution in [3.05, 3.63) is 42.1 Å². The van der Waals surface area contributed by atoms with Crippen molar-refractivity contribution in [3.8, 4) is 0 Å². The molecule has 0 spiro atoms. The van der Waals surface area contributed by atoms with E-state index in [4.69, 9.17) is 5.73 Å². The van der Waals surface area contributed by atoms with Gasteiger partial charge in [-0.15, -0.1) is 0 Å². The van der Waals surface area contributed by atoms with Crippen LogP contribution in [0.2, 0.25) is 0 Å². The lowest BCUT2D eigenvalue weighted by atomic mass is 9.99. The lowest BCUT2D eigenvalue weighted by Crippen LogP contribution is -2.12. The summed E-state index contributed by atoms with van der Waals surface area (Å²) in [5, 5.41) is 1.06. The molecule has 3 heteroatoms. The zero-order chi connectivity index (χ0) is 13.0. The quantitative estimate of drug-likeness (QED) is 0.820. The molecular weight excluding hydrogens is 224 g/mol. The molecule has 3 nitrogen and oxygen atoms in total. The van der Waals surface area contributed by atoms with Gasteiger partial charge in [0, 0.05) is 23.6 Å². The fourth-order valence-corrected chi connectivity index (χ4v) is 1.88. The molecule has 0 saturated heterocycles. The van der Waals surface area contributed by atoms with Crippen molar-refractivity contribution in [2.75, 3.05) is 6.54 Å². The molecule has 0 bridgehead atoms. The van der Waals surface area contributed by atoms with E-state index in [0.29, 0.717) is 18.9 Å². The second-order valence-corrected chi connectivity index (χ2v) is 4.71. The summed E-state index contributed by atoms with van der Waals surface area (Å²) in [6, 6.07) is 9.58. The second-order valence-electron chi connectivity index (χ2n) is 4.71. The van der Waals surface area contributed by atoms with Crippen LogP contribution >= 0.6 is 0 Å². The summed E-state index contributed by atoms with van der Waals surface area (Å²) >= 11 is 0. The van der Waals surface area contributed by atoms with E-state index >= 15 is 0 Å². The standard InChI is InChI=1S/C15H18N2O/c1-11(10-16)4-7-15(18)13-6-5-12-3-2-8-17-14(12)9-13/h2-3,5-6,8-9,11H,4,7,10,16H2,1H3. The van der Waals surface area contributed by atoms with Crippen LogP contribution in [0.3, 0.4) is 0 Å². The average Bonchev–Trinajstić information content (AvgIpc) is 2.43. The number of hydrogen-bond donors (Lipinski definition) is 1. The van der Waals surface area contributed by atoms with Gasteiger partial charge in [0.2, 0.25) is 0 Å². The van der Waals surface area contributed by atoms with E-state index in [-0.39, 0.29) is 5.78 Å². The highest BCUT2D eigenvalue weighted by Crippen LogP contribution is 2.16. The van der Waals surface area contributed by atoms with Crippen LogP contribution in [0.1, 0.15) is 30.1 Å². The Morgan fingerprint density at radius 1 is 1.39 bits per heavy atom. The van der Waals surface area contributed by atoms with E-state index in [1.807, 2.05) is 30.3 Å². The van der Waals surface area contributed by atoms with E-state index in [9.17, 15) is 4.79 Å². The number of ketones is 1. The fraction of sp³-hybridized carbons (Fsp3) is 0.333. The van der Waals surface area contributed by atoms with Crippen LogP contribution in [0.15, 0.2) is 36.5 Å². The Balaban J connectivity index is 2.13. The van der Waals surface area contributed by atoms with E-state index in [1.165, 1.54) is 0 Å². The normalized spacial score (nSPS) is 12.6. The number of rotatable bonds is 5. The van der Waals surface area contributed by atoms with Gasteiger partial charge in [-0.2, -0.15) is 0 Å². The molecule has 1 aromatic carbocycles. The number of aromatic nitrogens is 1. The van der Waals surface area contributed by atoms with E-state index in [1.54, 1.807) is 6.20 Å². The molecule has 0 aliphatic rings. The summed E-state index contributed by atoms with van der Waals surface area (Å²) < 4.78 is 0. The third-order valence-electron chi connectivity index (χ3n) is 3.19. The van der Waals surface area contributed by atoms with E-state index in [0.717, 1.165) is 22.9 Å². The number of fused-ring (bicyclic) bond motifs is 1. The number of nitrogens with zero attached hydrogens (tertiary/aromatic N) is 1. The molecule has 1 atom stereocenters. The van der Waals surface area contributed by atoms with Crippen LogP contribution < -0.4 is 5.73 Å². The second kappa shape index (κ2) is 5.74. The van der Waals surface area contributed by atoms with Gasteiger partial charge in [-0.1, -0.05) is 25.1 Å². The van der Waals surface area contributed by atoms with Gasteiger partial charge in [0.1, 0.15) is 0 Å². The molecular formula is C15H18N2O. The van der Waals surface area contributed by atoms with Gasteiger partial charge in [-0.3, -0.25) is 9.78 Å². The molecule has 2 rings (SSSR count). The monoisotopic (exact) mass is 242 g/mol. The van der Waals surface area contributed by atoms with Crippen LogP contribution in [-0.2, 0) is 0 Å². The first kappa shape index (κ1) is 12.7. The highest BCUT2D eigenvalue weighted by Gasteiger charge is 2.09. The van der Waals surface area contributed by atoms with Crippen LogP contribution in [0.25, 0.3) is 10.9 Å². The lowest BCUT2D eigenvalue weighted by molar-refractivity contribution is 0.0975. The molecule has 1 unspecified atom stereocenters. The molecule has 1 heterocycles. The lowest BCUT2D eigenvalue weighted by Gasteiger charge is -2.07. The summed E-state index contributed by atoms with van der Waals surface area (Å²) in [6.45, 7) is 2.70. The Kier molecular flexibility index (Phi) is 4.05. The molecule has 1 aromatic heterocycles. The fourth-order valence-electron chi connectivity index (χ4n) is 1.88. The van der Waals surface area contributed by atoms with E-state index in [2.05, 4.69) is 11.9 Å². The summed E-state index contributed by atoms with van der Waals surface area (Å²) in [7, 11) is 0. The third kappa shape index (κ3) is 2.93. The Bertz CT molecular complexity index is 551. The van der Waals surface area contributed by atoms with Gasteiger partial charge in [0.25, 0.3) is 0 Å². The van der Waals surface area contributed by atoms with Gasteiger partial charge in [-0.25, -0.2) is 0 Å². The molecule has 0 saturated carbocycles. The number of carbonyl (C=O) groups excluding carboxylic acids is 1. The molecule has 2 N–H and O–H groups in total. The zero-order valence-corrected chi connectivity index (χ0v) is 10.6. The summed E-state index contributed by atoms with van der Waals surface area (Å²) in [4.78, 5) is 16.3. The van der Waals surface area contributed by atoms with Gasteiger partial charge in [0.05, 0.1) is 5.52 Å². The zero-order valence-electron chi connectivity index (χ0n) is 10.6. The molecule has 0 aliphatic heterocycles. The number of Topliss-reactive ketones (excluding diaryl/α,β-unsaturated/α-hetero) is 1. The molecule has 0 radical (unpaired) electrons. The van der Waals surface area contributed by atoms with Crippen molar-refractivity contribution in [2.24, 2.45) is 11.7 Å². The Labute approximate surface area is 107 Å². The first-order chi connectivity index (χ1) is 8.70. The number of pyridine rings is 1. The number of benzene rings is 1. The summed E-state index contributed by atoms with van der Waals surface area (Å²) in [5.74, 6) is 0.565. The SMILES string of the molecule is CC(CN)CCC(=O)c1ccc2cccnc2c1. The Morgan fingerprint density at radius 2 is 2.22 bits per heavy atom. The Morgan fingerprint density at radius 3 is 3.00 bits per heavy atom. The molecule has 0 amide bonds. The van der Waals surface area contributed by atoms with Crippen LogP contribution in [-0.4, -0.2) is 17.3 Å². The highest BCUT2D eigenvalue weighted by molar-refractivity contribution is 5.99. The molecule has 94 valence electrons. The largest absolute Gasteiger partial charge is 0.330 e. The number of carbonyl (C=O) groups is 1. The van der Waals surface area contributed by atoms with Crippen molar-refractivity contribution < 1.29 is 4.79 Å². The maximum absolute atomic E-state index is 12.0. The average molecular weight is 242 g/mol. The van der Waals surface area contributed by atoms with Gasteiger partial charge < -0.3 is 5.73 Å². The number of nitrogens with two attached hydrogens (primary N) is 1. The summed E-state index contributed by atoms with van der Waals surface area (Å²) in [5.41, 5.74) is 7.16. The van der Waals surface area contributed by atoms with Crippen molar-refractivity contribution >= 4 is 16.7 Å².